The van der Waals surface area contributed by atoms with Gasteiger partial charge in [0.1, 0.15) is 5.69 Å². The van der Waals surface area contributed by atoms with Gasteiger partial charge >= 0.3 is 0 Å². The molecule has 3 rings (SSSR count). The molecule has 1 aromatic heterocycles. The zero-order valence-electron chi connectivity index (χ0n) is 10.3. The fraction of sp³-hybridized carbons (Fsp3) is 0.692. The number of hydrogen-bond acceptors (Lipinski definition) is 3. The van der Waals surface area contributed by atoms with Crippen molar-refractivity contribution < 1.29 is 4.79 Å². The number of carbonyl (C=O) groups is 1. The zero-order valence-corrected chi connectivity index (χ0v) is 11.2. The van der Waals surface area contributed by atoms with Crippen molar-refractivity contribution in [1.82, 2.24) is 9.88 Å². The van der Waals surface area contributed by atoms with Crippen LogP contribution in [-0.4, -0.2) is 28.4 Å². The van der Waals surface area contributed by atoms with Crippen molar-refractivity contribution in [2.24, 2.45) is 5.92 Å². The van der Waals surface area contributed by atoms with E-state index < -0.39 is 0 Å². The topological polar surface area (TPSA) is 33.2 Å². The number of thiazole rings is 1. The van der Waals surface area contributed by atoms with Crippen LogP contribution in [0.15, 0.2) is 5.38 Å². The van der Waals surface area contributed by atoms with Crippen molar-refractivity contribution in [3.8, 4) is 0 Å². The van der Waals surface area contributed by atoms with Gasteiger partial charge in [-0.1, -0.05) is 13.8 Å². The second-order valence-electron chi connectivity index (χ2n) is 5.52. The number of rotatable bonds is 2. The first kappa shape index (κ1) is 11.2. The summed E-state index contributed by atoms with van der Waals surface area (Å²) in [6.45, 7) is 5.19. The molecule has 1 aliphatic heterocycles. The van der Waals surface area contributed by atoms with Gasteiger partial charge in [-0.05, 0) is 25.2 Å². The normalized spacial score (nSPS) is 27.1. The molecule has 0 N–H and O–H groups in total. The van der Waals surface area contributed by atoms with E-state index in [0.29, 0.717) is 17.7 Å². The van der Waals surface area contributed by atoms with Crippen molar-refractivity contribution in [2.75, 3.05) is 6.54 Å². The Morgan fingerprint density at radius 3 is 2.88 bits per heavy atom. The van der Waals surface area contributed by atoms with E-state index in [4.69, 9.17) is 0 Å². The lowest BCUT2D eigenvalue weighted by Crippen LogP contribution is -2.37. The fourth-order valence-corrected chi connectivity index (χ4v) is 3.78. The van der Waals surface area contributed by atoms with Gasteiger partial charge in [-0.3, -0.25) is 4.79 Å². The Balaban J connectivity index is 1.77. The third-order valence-electron chi connectivity index (χ3n) is 3.91. The van der Waals surface area contributed by atoms with Crippen LogP contribution < -0.4 is 0 Å². The Kier molecular flexibility index (Phi) is 2.69. The predicted molar refractivity (Wildman–Crippen MR) is 68.4 cm³/mol. The lowest BCUT2D eigenvalue weighted by Gasteiger charge is -2.26. The van der Waals surface area contributed by atoms with Gasteiger partial charge in [0.25, 0.3) is 5.91 Å². The molecule has 1 saturated carbocycles. The Bertz CT molecular complexity index is 440. The number of likely N-dealkylation sites (tertiary alicyclic amines) is 1. The van der Waals surface area contributed by atoms with Crippen molar-refractivity contribution in [2.45, 2.75) is 45.1 Å². The standard InChI is InChI=1S/C13H18N2OS/c1-8(2)12-14-11(7-17-12)13(16)15-6-9-3-4-10(15)5-9/h7-10H,3-6H2,1-2H3/t9-,10-/m0/s1. The first-order chi connectivity index (χ1) is 8.15. The summed E-state index contributed by atoms with van der Waals surface area (Å²) in [7, 11) is 0. The smallest absolute Gasteiger partial charge is 0.273 e. The fourth-order valence-electron chi connectivity index (χ4n) is 2.97. The summed E-state index contributed by atoms with van der Waals surface area (Å²) in [5.74, 6) is 1.32. The van der Waals surface area contributed by atoms with E-state index in [1.54, 1.807) is 11.3 Å². The third kappa shape index (κ3) is 1.88. The van der Waals surface area contributed by atoms with Crippen LogP contribution in [0.4, 0.5) is 0 Å². The molecule has 2 aliphatic rings. The summed E-state index contributed by atoms with van der Waals surface area (Å²) >= 11 is 1.61. The highest BCUT2D eigenvalue weighted by Crippen LogP contribution is 2.38. The maximum atomic E-state index is 12.3. The Labute approximate surface area is 106 Å². The number of piperidine rings is 1. The molecule has 0 radical (unpaired) electrons. The first-order valence-electron chi connectivity index (χ1n) is 6.41. The summed E-state index contributed by atoms with van der Waals surface area (Å²) in [4.78, 5) is 18.9. The minimum absolute atomic E-state index is 0.153. The molecule has 1 aromatic rings. The maximum Gasteiger partial charge on any atom is 0.273 e. The van der Waals surface area contributed by atoms with E-state index in [2.05, 4.69) is 18.8 Å². The van der Waals surface area contributed by atoms with Gasteiger partial charge in [0.2, 0.25) is 0 Å². The highest BCUT2D eigenvalue weighted by Gasteiger charge is 2.40. The molecular formula is C13H18N2OS. The number of hydrogen-bond donors (Lipinski definition) is 0. The molecule has 1 saturated heterocycles. The Hall–Kier alpha value is -0.900. The molecule has 3 nitrogen and oxygen atoms in total. The van der Waals surface area contributed by atoms with Crippen LogP contribution in [-0.2, 0) is 0 Å². The molecule has 1 amide bonds. The molecule has 17 heavy (non-hydrogen) atoms. The number of fused-ring (bicyclic) bond motifs is 2. The second kappa shape index (κ2) is 4.09. The quantitative estimate of drug-likeness (QED) is 0.808. The summed E-state index contributed by atoms with van der Waals surface area (Å²) in [5.41, 5.74) is 0.659. The van der Waals surface area contributed by atoms with Crippen molar-refractivity contribution >= 4 is 17.2 Å². The van der Waals surface area contributed by atoms with Crippen LogP contribution in [0.5, 0.6) is 0 Å². The molecule has 0 spiro atoms. The van der Waals surface area contributed by atoms with Crippen LogP contribution in [0.2, 0.25) is 0 Å². The molecular weight excluding hydrogens is 232 g/mol. The van der Waals surface area contributed by atoms with Gasteiger partial charge in [-0.2, -0.15) is 0 Å². The highest BCUT2D eigenvalue weighted by molar-refractivity contribution is 7.09. The van der Waals surface area contributed by atoms with E-state index in [9.17, 15) is 4.79 Å². The van der Waals surface area contributed by atoms with Gasteiger partial charge in [0.05, 0.1) is 5.01 Å². The van der Waals surface area contributed by atoms with E-state index in [0.717, 1.165) is 17.5 Å². The SMILES string of the molecule is CC(C)c1nc(C(=O)N2C[C@H]3CC[C@H]2C3)cs1. The summed E-state index contributed by atoms with van der Waals surface area (Å²) in [6, 6.07) is 0.497. The van der Waals surface area contributed by atoms with Crippen molar-refractivity contribution in [3.63, 3.8) is 0 Å². The summed E-state index contributed by atoms with van der Waals surface area (Å²) < 4.78 is 0. The van der Waals surface area contributed by atoms with Gasteiger partial charge in [0, 0.05) is 23.9 Å². The molecule has 2 fully saturated rings. The Morgan fingerprint density at radius 2 is 2.35 bits per heavy atom. The molecule has 2 bridgehead atoms. The Morgan fingerprint density at radius 1 is 1.53 bits per heavy atom. The molecule has 92 valence electrons. The monoisotopic (exact) mass is 250 g/mol. The zero-order chi connectivity index (χ0) is 12.0. The van der Waals surface area contributed by atoms with Crippen LogP contribution in [0.3, 0.4) is 0 Å². The van der Waals surface area contributed by atoms with Crippen LogP contribution >= 0.6 is 11.3 Å². The highest BCUT2D eigenvalue weighted by atomic mass is 32.1. The molecule has 2 heterocycles. The maximum absolute atomic E-state index is 12.3. The van der Waals surface area contributed by atoms with E-state index >= 15 is 0 Å². The number of nitrogens with zero attached hydrogens (tertiary/aromatic N) is 2. The molecule has 1 aliphatic carbocycles. The summed E-state index contributed by atoms with van der Waals surface area (Å²) in [5, 5.41) is 2.99. The van der Waals surface area contributed by atoms with E-state index in [1.165, 1.54) is 19.3 Å². The molecule has 0 unspecified atom stereocenters. The number of carbonyl (C=O) groups excluding carboxylic acids is 1. The van der Waals surface area contributed by atoms with Crippen LogP contribution in [0.1, 0.15) is 54.5 Å². The number of aromatic nitrogens is 1. The van der Waals surface area contributed by atoms with E-state index in [1.807, 2.05) is 10.3 Å². The van der Waals surface area contributed by atoms with Crippen LogP contribution in [0.25, 0.3) is 0 Å². The third-order valence-corrected chi connectivity index (χ3v) is 5.05. The minimum atomic E-state index is 0.153. The minimum Gasteiger partial charge on any atom is -0.334 e. The summed E-state index contributed by atoms with van der Waals surface area (Å²) in [6.07, 6.45) is 3.72. The van der Waals surface area contributed by atoms with Crippen molar-refractivity contribution in [1.29, 1.82) is 0 Å². The van der Waals surface area contributed by atoms with Gasteiger partial charge in [-0.25, -0.2) is 4.98 Å². The van der Waals surface area contributed by atoms with Gasteiger partial charge < -0.3 is 4.90 Å². The average molecular weight is 250 g/mol. The van der Waals surface area contributed by atoms with E-state index in [-0.39, 0.29) is 5.91 Å². The van der Waals surface area contributed by atoms with Gasteiger partial charge in [0.15, 0.2) is 0 Å². The molecule has 0 aromatic carbocycles. The largest absolute Gasteiger partial charge is 0.334 e. The lowest BCUT2D eigenvalue weighted by atomic mass is 10.1. The lowest BCUT2D eigenvalue weighted by molar-refractivity contribution is 0.0698. The van der Waals surface area contributed by atoms with Gasteiger partial charge in [-0.15, -0.1) is 11.3 Å². The second-order valence-corrected chi connectivity index (χ2v) is 6.41. The molecule has 2 atom stereocenters. The van der Waals surface area contributed by atoms with Crippen LogP contribution in [0, 0.1) is 5.92 Å². The first-order valence-corrected chi connectivity index (χ1v) is 7.29. The predicted octanol–water partition coefficient (Wildman–Crippen LogP) is 2.89. The average Bonchev–Trinajstić information content (AvgIpc) is 3.03. The van der Waals surface area contributed by atoms with Crippen molar-refractivity contribution in [3.05, 3.63) is 16.1 Å². The molecule has 4 heteroatoms. The number of amides is 1.